The first-order chi connectivity index (χ1) is 10.2. The van der Waals surface area contributed by atoms with Crippen LogP contribution in [0.4, 0.5) is 0 Å². The molecule has 0 aliphatic carbocycles. The Labute approximate surface area is 128 Å². The number of hydrogen-bond acceptors (Lipinski definition) is 3. The monoisotopic (exact) mass is 300 g/mol. The fourth-order valence-electron chi connectivity index (χ4n) is 2.58. The second-order valence-electron chi connectivity index (χ2n) is 5.12. The fraction of sp³-hybridized carbons (Fsp3) is 0.235. The molecule has 0 spiro atoms. The number of nitrogens with zero attached hydrogens (tertiary/aromatic N) is 1. The van der Waals surface area contributed by atoms with Crippen molar-refractivity contribution in [3.05, 3.63) is 64.5 Å². The average molecular weight is 301 g/mol. The Hall–Kier alpha value is -1.84. The molecule has 1 aromatic heterocycles. The third-order valence-corrected chi connectivity index (χ3v) is 3.91. The summed E-state index contributed by atoms with van der Waals surface area (Å²) in [6, 6.07) is 13.9. The van der Waals surface area contributed by atoms with Crippen molar-refractivity contribution in [1.82, 2.24) is 10.3 Å². The molecule has 1 unspecified atom stereocenters. The molecule has 0 radical (unpaired) electrons. The van der Waals surface area contributed by atoms with E-state index in [1.165, 1.54) is 5.56 Å². The topological polar surface area (TPSA) is 38.1 Å². The maximum absolute atomic E-state index is 6.03. The number of fused-ring (bicyclic) bond motifs is 1. The van der Waals surface area contributed by atoms with E-state index in [2.05, 4.69) is 23.3 Å². The first-order valence-corrected chi connectivity index (χ1v) is 7.33. The number of hydrogen-bond donors (Lipinski definition) is 1. The van der Waals surface area contributed by atoms with E-state index in [4.69, 9.17) is 16.0 Å². The minimum Gasteiger partial charge on any atom is -0.441 e. The maximum atomic E-state index is 6.03. The molecule has 0 bridgehead atoms. The van der Waals surface area contributed by atoms with Gasteiger partial charge in [-0.2, -0.15) is 0 Å². The molecule has 2 aromatic carbocycles. The van der Waals surface area contributed by atoms with Gasteiger partial charge in [-0.05, 0) is 49.4 Å². The summed E-state index contributed by atoms with van der Waals surface area (Å²) >= 11 is 6.03. The van der Waals surface area contributed by atoms with Crippen LogP contribution in [0.25, 0.3) is 11.1 Å². The Balaban J connectivity index is 1.90. The van der Waals surface area contributed by atoms with E-state index in [1.807, 2.05) is 43.4 Å². The number of aromatic nitrogens is 1. The van der Waals surface area contributed by atoms with Crippen LogP contribution in [0.15, 0.2) is 46.9 Å². The lowest BCUT2D eigenvalue weighted by Gasteiger charge is -2.17. The summed E-state index contributed by atoms with van der Waals surface area (Å²) in [5.41, 5.74) is 4.10. The normalized spacial score (nSPS) is 12.7. The van der Waals surface area contributed by atoms with Gasteiger partial charge in [-0.25, -0.2) is 4.98 Å². The van der Waals surface area contributed by atoms with Gasteiger partial charge in [0, 0.05) is 17.5 Å². The average Bonchev–Trinajstić information content (AvgIpc) is 2.87. The van der Waals surface area contributed by atoms with Crippen LogP contribution in [0.2, 0.25) is 5.02 Å². The predicted molar refractivity (Wildman–Crippen MR) is 85.7 cm³/mol. The van der Waals surface area contributed by atoms with Gasteiger partial charge in [0.15, 0.2) is 11.5 Å². The van der Waals surface area contributed by atoms with E-state index in [0.29, 0.717) is 6.42 Å². The van der Waals surface area contributed by atoms with Crippen molar-refractivity contribution >= 4 is 22.7 Å². The highest BCUT2D eigenvalue weighted by atomic mass is 35.5. The molecular formula is C17H17ClN2O. The Bertz CT molecular complexity index is 733. The highest BCUT2D eigenvalue weighted by Gasteiger charge is 2.16. The molecule has 0 saturated heterocycles. The minimum atomic E-state index is 0.148. The smallest absolute Gasteiger partial charge is 0.197 e. The number of aryl methyl sites for hydroxylation is 1. The molecule has 4 heteroatoms. The lowest BCUT2D eigenvalue weighted by Crippen LogP contribution is -2.20. The molecule has 0 aliphatic rings. The molecule has 0 amide bonds. The molecule has 3 rings (SSSR count). The standard InChI is InChI=1S/C17H17ClN2O/c1-11-9-12(18)7-8-13(11)15(19-2)10-17-20-14-5-3-4-6-16(14)21-17/h3-9,15,19H,10H2,1-2H3. The van der Waals surface area contributed by atoms with Crippen molar-refractivity contribution in [3.63, 3.8) is 0 Å². The van der Waals surface area contributed by atoms with Crippen molar-refractivity contribution < 1.29 is 4.42 Å². The van der Waals surface area contributed by atoms with Gasteiger partial charge in [0.2, 0.25) is 0 Å². The quantitative estimate of drug-likeness (QED) is 0.781. The van der Waals surface area contributed by atoms with E-state index < -0.39 is 0 Å². The molecule has 1 atom stereocenters. The zero-order valence-corrected chi connectivity index (χ0v) is 12.8. The zero-order valence-electron chi connectivity index (χ0n) is 12.1. The summed E-state index contributed by atoms with van der Waals surface area (Å²) < 4.78 is 5.81. The summed E-state index contributed by atoms with van der Waals surface area (Å²) in [6.07, 6.45) is 0.702. The first-order valence-electron chi connectivity index (χ1n) is 6.95. The Morgan fingerprint density at radius 3 is 2.76 bits per heavy atom. The van der Waals surface area contributed by atoms with E-state index in [1.54, 1.807) is 0 Å². The van der Waals surface area contributed by atoms with Gasteiger partial charge in [0.1, 0.15) is 5.52 Å². The summed E-state index contributed by atoms with van der Waals surface area (Å²) in [7, 11) is 1.95. The van der Waals surface area contributed by atoms with E-state index in [-0.39, 0.29) is 6.04 Å². The van der Waals surface area contributed by atoms with Crippen molar-refractivity contribution in [1.29, 1.82) is 0 Å². The lowest BCUT2D eigenvalue weighted by atomic mass is 9.99. The van der Waals surface area contributed by atoms with E-state index in [0.717, 1.165) is 27.6 Å². The van der Waals surface area contributed by atoms with Gasteiger partial charge in [0.05, 0.1) is 0 Å². The molecule has 3 nitrogen and oxygen atoms in total. The SMILES string of the molecule is CNC(Cc1nc2ccccc2o1)c1ccc(Cl)cc1C. The van der Waals surface area contributed by atoms with Crippen LogP contribution in [-0.2, 0) is 6.42 Å². The molecule has 3 aromatic rings. The van der Waals surface area contributed by atoms with Crippen LogP contribution < -0.4 is 5.32 Å². The van der Waals surface area contributed by atoms with Gasteiger partial charge in [-0.15, -0.1) is 0 Å². The molecule has 1 N–H and O–H groups in total. The van der Waals surface area contributed by atoms with Gasteiger partial charge >= 0.3 is 0 Å². The molecule has 0 saturated carbocycles. The third kappa shape index (κ3) is 2.94. The molecular weight excluding hydrogens is 284 g/mol. The molecule has 108 valence electrons. The first kappa shape index (κ1) is 14.1. The van der Waals surface area contributed by atoms with Gasteiger partial charge in [-0.1, -0.05) is 29.8 Å². The summed E-state index contributed by atoms with van der Waals surface area (Å²) in [4.78, 5) is 4.54. The van der Waals surface area contributed by atoms with Crippen molar-refractivity contribution in [2.75, 3.05) is 7.05 Å². The fourth-order valence-corrected chi connectivity index (χ4v) is 2.81. The number of benzene rings is 2. The number of oxazole rings is 1. The Morgan fingerprint density at radius 2 is 2.05 bits per heavy atom. The Morgan fingerprint density at radius 1 is 1.24 bits per heavy atom. The zero-order chi connectivity index (χ0) is 14.8. The van der Waals surface area contributed by atoms with Crippen molar-refractivity contribution in [2.45, 2.75) is 19.4 Å². The Kier molecular flexibility index (Phi) is 3.95. The summed E-state index contributed by atoms with van der Waals surface area (Å²) in [6.45, 7) is 2.07. The van der Waals surface area contributed by atoms with Gasteiger partial charge < -0.3 is 9.73 Å². The number of para-hydroxylation sites is 2. The third-order valence-electron chi connectivity index (χ3n) is 3.67. The number of likely N-dealkylation sites (N-methyl/N-ethyl adjacent to an activating group) is 1. The highest BCUT2D eigenvalue weighted by Crippen LogP contribution is 2.25. The van der Waals surface area contributed by atoms with E-state index >= 15 is 0 Å². The van der Waals surface area contributed by atoms with Crippen LogP contribution in [0.1, 0.15) is 23.1 Å². The van der Waals surface area contributed by atoms with Crippen LogP contribution >= 0.6 is 11.6 Å². The van der Waals surface area contributed by atoms with Crippen LogP contribution in [0.5, 0.6) is 0 Å². The maximum Gasteiger partial charge on any atom is 0.197 e. The summed E-state index contributed by atoms with van der Waals surface area (Å²) in [5.74, 6) is 0.741. The highest BCUT2D eigenvalue weighted by molar-refractivity contribution is 6.30. The van der Waals surface area contributed by atoms with Crippen LogP contribution in [0, 0.1) is 6.92 Å². The molecule has 1 heterocycles. The summed E-state index contributed by atoms with van der Waals surface area (Å²) in [5, 5.41) is 4.09. The van der Waals surface area contributed by atoms with Crippen LogP contribution in [-0.4, -0.2) is 12.0 Å². The van der Waals surface area contributed by atoms with Crippen molar-refractivity contribution in [2.24, 2.45) is 0 Å². The van der Waals surface area contributed by atoms with Crippen LogP contribution in [0.3, 0.4) is 0 Å². The second-order valence-corrected chi connectivity index (χ2v) is 5.56. The molecule has 0 fully saturated rings. The van der Waals surface area contributed by atoms with E-state index in [9.17, 15) is 0 Å². The minimum absolute atomic E-state index is 0.148. The van der Waals surface area contributed by atoms with Gasteiger partial charge in [-0.3, -0.25) is 0 Å². The molecule has 0 aliphatic heterocycles. The van der Waals surface area contributed by atoms with Gasteiger partial charge in [0.25, 0.3) is 0 Å². The number of halogens is 1. The largest absolute Gasteiger partial charge is 0.441 e. The number of rotatable bonds is 4. The molecule has 21 heavy (non-hydrogen) atoms. The number of nitrogens with one attached hydrogen (secondary N) is 1. The van der Waals surface area contributed by atoms with Crippen molar-refractivity contribution in [3.8, 4) is 0 Å². The predicted octanol–water partition coefficient (Wildman–Crippen LogP) is 4.29. The second kappa shape index (κ2) is 5.88. The lowest BCUT2D eigenvalue weighted by molar-refractivity contribution is 0.473.